The van der Waals surface area contributed by atoms with Gasteiger partial charge in [-0.05, 0) is 19.4 Å². The molecular formula is C8H9NO3S. The molecule has 3 N–H and O–H groups in total. The maximum atomic E-state index is 11.0. The summed E-state index contributed by atoms with van der Waals surface area (Å²) in [6, 6.07) is 0. The van der Waals surface area contributed by atoms with Gasteiger partial charge in [-0.25, -0.2) is 4.79 Å². The summed E-state index contributed by atoms with van der Waals surface area (Å²) in [5, 5.41) is 8.95. The largest absolute Gasteiger partial charge is 0.478 e. The fourth-order valence-corrected chi connectivity index (χ4v) is 2.10. The van der Waals surface area contributed by atoms with Crippen molar-refractivity contribution in [3.8, 4) is 0 Å². The van der Waals surface area contributed by atoms with Crippen molar-refractivity contribution < 1.29 is 14.7 Å². The van der Waals surface area contributed by atoms with Gasteiger partial charge in [0.25, 0.3) is 0 Å². The molecule has 1 aromatic heterocycles. The normalized spacial score (nSPS) is 10.0. The third-order valence-electron chi connectivity index (χ3n) is 1.71. The van der Waals surface area contributed by atoms with Crippen LogP contribution in [0.3, 0.4) is 0 Å². The molecule has 0 fully saturated rings. The van der Waals surface area contributed by atoms with E-state index in [4.69, 9.17) is 10.8 Å². The number of nitrogen functional groups attached to an aromatic ring is 1. The SMILES string of the molecule is CC(=O)c1sc(N)c(C(=O)O)c1C. The molecule has 4 nitrogen and oxygen atoms in total. The number of nitrogens with two attached hydrogens (primary N) is 1. The number of ketones is 1. The first kappa shape index (κ1) is 9.73. The zero-order valence-corrected chi connectivity index (χ0v) is 8.07. The summed E-state index contributed by atoms with van der Waals surface area (Å²) in [5.41, 5.74) is 5.98. The molecule has 0 aromatic carbocycles. The van der Waals surface area contributed by atoms with Crippen molar-refractivity contribution in [2.24, 2.45) is 0 Å². The molecule has 0 unspecified atom stereocenters. The van der Waals surface area contributed by atoms with Crippen molar-refractivity contribution in [3.05, 3.63) is 16.0 Å². The maximum absolute atomic E-state index is 11.0. The van der Waals surface area contributed by atoms with Crippen molar-refractivity contribution in [3.63, 3.8) is 0 Å². The van der Waals surface area contributed by atoms with Gasteiger partial charge in [0.15, 0.2) is 5.78 Å². The molecule has 1 rings (SSSR count). The Morgan fingerprint density at radius 2 is 2.00 bits per heavy atom. The fraction of sp³-hybridized carbons (Fsp3) is 0.250. The average Bonchev–Trinajstić information content (AvgIpc) is 2.26. The number of hydrogen-bond donors (Lipinski definition) is 2. The molecule has 5 heteroatoms. The Bertz CT molecular complexity index is 381. The second-order valence-corrected chi connectivity index (χ2v) is 3.71. The Balaban J connectivity index is 3.39. The Morgan fingerprint density at radius 3 is 2.23 bits per heavy atom. The number of carbonyl (C=O) groups excluding carboxylic acids is 1. The van der Waals surface area contributed by atoms with E-state index >= 15 is 0 Å². The lowest BCUT2D eigenvalue weighted by molar-refractivity contribution is 0.0698. The molecule has 0 atom stereocenters. The summed E-state index contributed by atoms with van der Waals surface area (Å²) in [6.45, 7) is 2.98. The van der Waals surface area contributed by atoms with E-state index in [1.807, 2.05) is 0 Å². The van der Waals surface area contributed by atoms with Crippen molar-refractivity contribution in [2.45, 2.75) is 13.8 Å². The summed E-state index contributed by atoms with van der Waals surface area (Å²) < 4.78 is 0. The standard InChI is InChI=1S/C8H9NO3S/c1-3-5(8(11)12)7(9)13-6(3)4(2)10/h9H2,1-2H3,(H,11,12). The van der Waals surface area contributed by atoms with Gasteiger partial charge in [0.2, 0.25) is 0 Å². The molecule has 0 aliphatic carbocycles. The van der Waals surface area contributed by atoms with E-state index in [0.29, 0.717) is 10.4 Å². The highest BCUT2D eigenvalue weighted by atomic mass is 32.1. The van der Waals surface area contributed by atoms with Crippen LogP contribution in [0.25, 0.3) is 0 Å². The zero-order chi connectivity index (χ0) is 10.2. The molecule has 0 spiro atoms. The fourth-order valence-electron chi connectivity index (χ4n) is 1.14. The van der Waals surface area contributed by atoms with E-state index in [0.717, 1.165) is 11.3 Å². The first-order chi connectivity index (χ1) is 5.95. The highest BCUT2D eigenvalue weighted by molar-refractivity contribution is 7.18. The van der Waals surface area contributed by atoms with Gasteiger partial charge in [-0.2, -0.15) is 0 Å². The number of carboxylic acids is 1. The number of Topliss-reactive ketones (excluding diaryl/α,β-unsaturated/α-hetero) is 1. The molecule has 0 saturated heterocycles. The van der Waals surface area contributed by atoms with Crippen molar-refractivity contribution in [1.29, 1.82) is 0 Å². The van der Waals surface area contributed by atoms with Gasteiger partial charge < -0.3 is 10.8 Å². The minimum atomic E-state index is -1.08. The van der Waals surface area contributed by atoms with Gasteiger partial charge in [-0.15, -0.1) is 11.3 Å². The highest BCUT2D eigenvalue weighted by Gasteiger charge is 2.20. The summed E-state index contributed by atoms with van der Waals surface area (Å²) in [6.07, 6.45) is 0. The van der Waals surface area contributed by atoms with Crippen LogP contribution in [0, 0.1) is 6.92 Å². The predicted molar refractivity (Wildman–Crippen MR) is 50.4 cm³/mol. The molecular weight excluding hydrogens is 190 g/mol. The molecule has 13 heavy (non-hydrogen) atoms. The molecule has 0 saturated carbocycles. The lowest BCUT2D eigenvalue weighted by Gasteiger charge is -1.93. The van der Waals surface area contributed by atoms with Gasteiger partial charge >= 0.3 is 5.97 Å². The van der Waals surface area contributed by atoms with Crippen LogP contribution in [0.15, 0.2) is 0 Å². The first-order valence-electron chi connectivity index (χ1n) is 3.58. The van der Waals surface area contributed by atoms with Gasteiger partial charge in [0.05, 0.1) is 10.4 Å². The second-order valence-electron chi connectivity index (χ2n) is 2.66. The van der Waals surface area contributed by atoms with E-state index in [1.54, 1.807) is 6.92 Å². The molecule has 1 heterocycles. The smallest absolute Gasteiger partial charge is 0.338 e. The number of anilines is 1. The second kappa shape index (κ2) is 3.18. The van der Waals surface area contributed by atoms with E-state index in [9.17, 15) is 9.59 Å². The van der Waals surface area contributed by atoms with E-state index in [1.165, 1.54) is 6.92 Å². The lowest BCUT2D eigenvalue weighted by Crippen LogP contribution is -2.01. The summed E-state index contributed by atoms with van der Waals surface area (Å²) in [4.78, 5) is 22.1. The monoisotopic (exact) mass is 199 g/mol. The van der Waals surface area contributed by atoms with Crippen LogP contribution in [0.4, 0.5) is 5.00 Å². The molecule has 70 valence electrons. The van der Waals surface area contributed by atoms with Crippen LogP contribution in [0.1, 0.15) is 32.5 Å². The molecule has 0 amide bonds. The Morgan fingerprint density at radius 1 is 1.46 bits per heavy atom. The molecule has 0 aliphatic heterocycles. The third kappa shape index (κ3) is 1.55. The summed E-state index contributed by atoms with van der Waals surface area (Å²) >= 11 is 1.02. The number of thiophene rings is 1. The zero-order valence-electron chi connectivity index (χ0n) is 7.25. The minimum absolute atomic E-state index is 0.0511. The number of carbonyl (C=O) groups is 2. The lowest BCUT2D eigenvalue weighted by atomic mass is 10.1. The van der Waals surface area contributed by atoms with Gasteiger partial charge in [-0.3, -0.25) is 4.79 Å². The Kier molecular flexibility index (Phi) is 2.38. The van der Waals surface area contributed by atoms with Crippen LogP contribution >= 0.6 is 11.3 Å². The van der Waals surface area contributed by atoms with Crippen molar-refractivity contribution in [2.75, 3.05) is 5.73 Å². The number of aromatic carboxylic acids is 1. The van der Waals surface area contributed by atoms with Crippen LogP contribution in [0.2, 0.25) is 0 Å². The summed E-state index contributed by atoms with van der Waals surface area (Å²) in [5.74, 6) is -1.24. The van der Waals surface area contributed by atoms with Crippen LogP contribution in [-0.2, 0) is 0 Å². The van der Waals surface area contributed by atoms with E-state index in [-0.39, 0.29) is 16.3 Å². The van der Waals surface area contributed by atoms with Gasteiger partial charge in [0.1, 0.15) is 5.00 Å². The summed E-state index contributed by atoms with van der Waals surface area (Å²) in [7, 11) is 0. The van der Waals surface area contributed by atoms with Crippen molar-refractivity contribution >= 4 is 28.1 Å². The Labute approximate surface area is 79.0 Å². The topological polar surface area (TPSA) is 80.4 Å². The van der Waals surface area contributed by atoms with Crippen LogP contribution < -0.4 is 5.73 Å². The predicted octanol–water partition coefficient (Wildman–Crippen LogP) is 1.54. The molecule has 1 aromatic rings. The molecule has 0 radical (unpaired) electrons. The minimum Gasteiger partial charge on any atom is -0.478 e. The number of rotatable bonds is 2. The Hall–Kier alpha value is -1.36. The average molecular weight is 199 g/mol. The molecule has 0 bridgehead atoms. The molecule has 0 aliphatic rings. The quantitative estimate of drug-likeness (QED) is 0.708. The highest BCUT2D eigenvalue weighted by Crippen LogP contribution is 2.30. The van der Waals surface area contributed by atoms with Gasteiger partial charge in [-0.1, -0.05) is 0 Å². The maximum Gasteiger partial charge on any atom is 0.338 e. The number of carboxylic acid groups (broad SMARTS) is 1. The van der Waals surface area contributed by atoms with Gasteiger partial charge in [0, 0.05) is 0 Å². The van der Waals surface area contributed by atoms with Crippen molar-refractivity contribution in [1.82, 2.24) is 0 Å². The van der Waals surface area contributed by atoms with Crippen LogP contribution in [0.5, 0.6) is 0 Å². The van der Waals surface area contributed by atoms with E-state index in [2.05, 4.69) is 0 Å². The van der Waals surface area contributed by atoms with Crippen LogP contribution in [-0.4, -0.2) is 16.9 Å². The van der Waals surface area contributed by atoms with E-state index < -0.39 is 5.97 Å². The number of hydrogen-bond acceptors (Lipinski definition) is 4. The first-order valence-corrected chi connectivity index (χ1v) is 4.40. The third-order valence-corrected chi connectivity index (χ3v) is 2.93.